The minimum Gasteiger partial charge on any atom is -0.329 e. The Morgan fingerprint density at radius 3 is 2.53 bits per heavy atom. The molecule has 1 aromatic rings. The average molecular weight is 267 g/mol. The molecule has 7 heteroatoms. The van der Waals surface area contributed by atoms with Crippen LogP contribution in [0.1, 0.15) is 25.6 Å². The minimum atomic E-state index is 0.543. The van der Waals surface area contributed by atoms with Crippen LogP contribution in [-0.4, -0.2) is 68.8 Å². The van der Waals surface area contributed by atoms with E-state index in [0.29, 0.717) is 6.04 Å². The lowest BCUT2D eigenvalue weighted by Crippen LogP contribution is -2.52. The van der Waals surface area contributed by atoms with Gasteiger partial charge in [0.2, 0.25) is 0 Å². The zero-order valence-corrected chi connectivity index (χ0v) is 12.0. The Balaban J connectivity index is 1.78. The molecule has 1 aliphatic heterocycles. The summed E-state index contributed by atoms with van der Waals surface area (Å²) < 4.78 is 0. The molecule has 2 N–H and O–H groups in total. The molecule has 108 valence electrons. The van der Waals surface area contributed by atoms with Crippen molar-refractivity contribution in [3.8, 4) is 0 Å². The third-order valence-corrected chi connectivity index (χ3v) is 3.73. The van der Waals surface area contributed by atoms with Crippen LogP contribution in [0, 0.1) is 0 Å². The van der Waals surface area contributed by atoms with Crippen molar-refractivity contribution in [2.24, 2.45) is 12.8 Å². The lowest BCUT2D eigenvalue weighted by atomic mass is 10.1. The molecule has 1 aromatic heterocycles. The van der Waals surface area contributed by atoms with Gasteiger partial charge in [-0.15, -0.1) is 10.2 Å². The average Bonchev–Trinajstić information content (AvgIpc) is 2.82. The number of aromatic nitrogens is 4. The normalized spacial score (nSPS) is 19.7. The molecule has 0 radical (unpaired) electrons. The highest BCUT2D eigenvalue weighted by Crippen LogP contribution is 2.11. The van der Waals surface area contributed by atoms with Gasteiger partial charge in [-0.1, -0.05) is 13.3 Å². The van der Waals surface area contributed by atoms with E-state index in [2.05, 4.69) is 32.1 Å². The third-order valence-electron chi connectivity index (χ3n) is 3.73. The zero-order chi connectivity index (χ0) is 13.7. The van der Waals surface area contributed by atoms with Crippen molar-refractivity contribution in [2.75, 3.05) is 32.7 Å². The SMILES string of the molecule is CCCC(CN)N1CCN(Cc2nnn(C)n2)CC1. The molecular formula is C12H25N7. The van der Waals surface area contributed by atoms with Crippen LogP contribution in [-0.2, 0) is 13.6 Å². The highest BCUT2D eigenvalue weighted by molar-refractivity contribution is 4.83. The summed E-state index contributed by atoms with van der Waals surface area (Å²) in [6.45, 7) is 8.06. The predicted octanol–water partition coefficient (Wildman–Crippen LogP) is -0.545. The molecule has 1 atom stereocenters. The molecule has 0 amide bonds. The fourth-order valence-electron chi connectivity index (χ4n) is 2.66. The molecule has 1 unspecified atom stereocenters. The lowest BCUT2D eigenvalue weighted by molar-refractivity contribution is 0.0889. The van der Waals surface area contributed by atoms with E-state index < -0.39 is 0 Å². The Labute approximate surface area is 114 Å². The first-order valence-electron chi connectivity index (χ1n) is 7.12. The molecule has 7 nitrogen and oxygen atoms in total. The number of nitrogens with zero attached hydrogens (tertiary/aromatic N) is 6. The maximum Gasteiger partial charge on any atom is 0.188 e. The summed E-state index contributed by atoms with van der Waals surface area (Å²) in [5.74, 6) is 0.805. The fourth-order valence-corrected chi connectivity index (χ4v) is 2.66. The first-order valence-corrected chi connectivity index (χ1v) is 7.12. The van der Waals surface area contributed by atoms with Gasteiger partial charge in [0.15, 0.2) is 5.82 Å². The van der Waals surface area contributed by atoms with Crippen LogP contribution in [0.15, 0.2) is 0 Å². The molecule has 2 rings (SSSR count). The second kappa shape index (κ2) is 6.93. The van der Waals surface area contributed by atoms with Crippen LogP contribution in [0.2, 0.25) is 0 Å². The molecule has 0 bridgehead atoms. The van der Waals surface area contributed by atoms with Crippen molar-refractivity contribution in [2.45, 2.75) is 32.4 Å². The summed E-state index contributed by atoms with van der Waals surface area (Å²) in [5.41, 5.74) is 5.86. The number of aryl methyl sites for hydroxylation is 1. The van der Waals surface area contributed by atoms with Crippen molar-refractivity contribution in [1.82, 2.24) is 30.0 Å². The van der Waals surface area contributed by atoms with Gasteiger partial charge in [0.05, 0.1) is 13.6 Å². The van der Waals surface area contributed by atoms with Gasteiger partial charge in [0, 0.05) is 38.8 Å². The Kier molecular flexibility index (Phi) is 5.24. The van der Waals surface area contributed by atoms with Gasteiger partial charge in [0.25, 0.3) is 0 Å². The summed E-state index contributed by atoms with van der Waals surface area (Å²) in [4.78, 5) is 6.41. The second-order valence-corrected chi connectivity index (χ2v) is 5.19. The first-order chi connectivity index (χ1) is 9.22. The van der Waals surface area contributed by atoms with E-state index in [9.17, 15) is 0 Å². The molecule has 2 heterocycles. The number of hydrogen-bond donors (Lipinski definition) is 1. The smallest absolute Gasteiger partial charge is 0.188 e. The Morgan fingerprint density at radius 2 is 2.00 bits per heavy atom. The highest BCUT2D eigenvalue weighted by atomic mass is 15.6. The number of piperazine rings is 1. The van der Waals surface area contributed by atoms with E-state index in [4.69, 9.17) is 5.73 Å². The molecule has 0 aliphatic carbocycles. The molecule has 0 spiro atoms. The van der Waals surface area contributed by atoms with E-state index >= 15 is 0 Å². The molecule has 19 heavy (non-hydrogen) atoms. The van der Waals surface area contributed by atoms with E-state index in [0.717, 1.165) is 45.1 Å². The summed E-state index contributed by atoms with van der Waals surface area (Å²) in [6, 6.07) is 0.543. The van der Waals surface area contributed by atoms with Gasteiger partial charge in [-0.3, -0.25) is 9.80 Å². The van der Waals surface area contributed by atoms with Crippen LogP contribution in [0.4, 0.5) is 0 Å². The van der Waals surface area contributed by atoms with Crippen molar-refractivity contribution in [3.05, 3.63) is 5.82 Å². The Morgan fingerprint density at radius 1 is 1.26 bits per heavy atom. The highest BCUT2D eigenvalue weighted by Gasteiger charge is 2.23. The zero-order valence-electron chi connectivity index (χ0n) is 12.0. The molecule has 1 aliphatic rings. The summed E-state index contributed by atoms with van der Waals surface area (Å²) in [7, 11) is 1.80. The van der Waals surface area contributed by atoms with Gasteiger partial charge in [-0.2, -0.15) is 4.80 Å². The van der Waals surface area contributed by atoms with Crippen LogP contribution in [0.5, 0.6) is 0 Å². The predicted molar refractivity (Wildman–Crippen MR) is 73.4 cm³/mol. The topological polar surface area (TPSA) is 76.1 Å². The quantitative estimate of drug-likeness (QED) is 0.746. The third kappa shape index (κ3) is 3.95. The van der Waals surface area contributed by atoms with Gasteiger partial charge < -0.3 is 5.73 Å². The number of nitrogens with two attached hydrogens (primary N) is 1. The number of rotatable bonds is 6. The van der Waals surface area contributed by atoms with E-state index in [1.807, 2.05) is 0 Å². The first kappa shape index (κ1) is 14.4. The fraction of sp³-hybridized carbons (Fsp3) is 0.917. The summed E-state index contributed by atoms with van der Waals surface area (Å²) in [5, 5.41) is 12.1. The van der Waals surface area contributed by atoms with Crippen LogP contribution in [0.25, 0.3) is 0 Å². The number of tetrazole rings is 1. The monoisotopic (exact) mass is 267 g/mol. The molecule has 1 fully saturated rings. The summed E-state index contributed by atoms with van der Waals surface area (Å²) in [6.07, 6.45) is 2.40. The Hall–Kier alpha value is -1.05. The molecule has 1 saturated heterocycles. The standard InChI is InChI=1S/C12H25N7/c1-3-4-11(9-13)19-7-5-18(6-8-19)10-12-14-16-17(2)15-12/h11H,3-10,13H2,1-2H3. The van der Waals surface area contributed by atoms with E-state index in [1.165, 1.54) is 17.6 Å². The molecule has 0 saturated carbocycles. The van der Waals surface area contributed by atoms with Crippen LogP contribution < -0.4 is 5.73 Å². The van der Waals surface area contributed by atoms with Crippen molar-refractivity contribution >= 4 is 0 Å². The van der Waals surface area contributed by atoms with Gasteiger partial charge in [0.1, 0.15) is 0 Å². The van der Waals surface area contributed by atoms with Crippen LogP contribution >= 0.6 is 0 Å². The van der Waals surface area contributed by atoms with E-state index in [1.54, 1.807) is 7.05 Å². The largest absolute Gasteiger partial charge is 0.329 e. The van der Waals surface area contributed by atoms with Gasteiger partial charge >= 0.3 is 0 Å². The minimum absolute atomic E-state index is 0.543. The molecular weight excluding hydrogens is 242 g/mol. The maximum absolute atomic E-state index is 5.86. The second-order valence-electron chi connectivity index (χ2n) is 5.19. The Bertz CT molecular complexity index is 370. The van der Waals surface area contributed by atoms with E-state index in [-0.39, 0.29) is 0 Å². The van der Waals surface area contributed by atoms with Crippen LogP contribution in [0.3, 0.4) is 0 Å². The maximum atomic E-state index is 5.86. The van der Waals surface area contributed by atoms with Gasteiger partial charge in [-0.05, 0) is 11.6 Å². The summed E-state index contributed by atoms with van der Waals surface area (Å²) >= 11 is 0. The van der Waals surface area contributed by atoms with Crippen molar-refractivity contribution < 1.29 is 0 Å². The molecule has 0 aromatic carbocycles. The van der Waals surface area contributed by atoms with Crippen molar-refractivity contribution in [3.63, 3.8) is 0 Å². The lowest BCUT2D eigenvalue weighted by Gasteiger charge is -2.38. The number of hydrogen-bond acceptors (Lipinski definition) is 6. The van der Waals surface area contributed by atoms with Gasteiger partial charge in [-0.25, -0.2) is 0 Å². The van der Waals surface area contributed by atoms with Crippen molar-refractivity contribution in [1.29, 1.82) is 0 Å².